The molecule has 1 rings (SSSR count). The van der Waals surface area contributed by atoms with Crippen LogP contribution < -0.4 is 5.73 Å². The van der Waals surface area contributed by atoms with Crippen LogP contribution in [0.4, 0.5) is 5.69 Å². The molecule has 0 aliphatic carbocycles. The van der Waals surface area contributed by atoms with Gasteiger partial charge in [0.25, 0.3) is 5.69 Å². The van der Waals surface area contributed by atoms with Crippen LogP contribution in [0.25, 0.3) is 0 Å². The number of nitrogens with zero attached hydrogens (tertiary/aromatic N) is 1. The Morgan fingerprint density at radius 2 is 2.12 bits per heavy atom. The van der Waals surface area contributed by atoms with Crippen LogP contribution in [0.15, 0.2) is 18.2 Å². The molecular formula is C12H19ClN2O2. The molecule has 0 saturated heterocycles. The van der Waals surface area contributed by atoms with Gasteiger partial charge in [-0.2, -0.15) is 0 Å². The van der Waals surface area contributed by atoms with Gasteiger partial charge in [0.15, 0.2) is 0 Å². The summed E-state index contributed by atoms with van der Waals surface area (Å²) in [4.78, 5) is 10.4. The molecular weight excluding hydrogens is 240 g/mol. The fourth-order valence-electron chi connectivity index (χ4n) is 1.64. The van der Waals surface area contributed by atoms with E-state index < -0.39 is 0 Å². The Labute approximate surface area is 108 Å². The van der Waals surface area contributed by atoms with Crippen LogP contribution in [0.2, 0.25) is 0 Å². The van der Waals surface area contributed by atoms with Crippen molar-refractivity contribution in [3.63, 3.8) is 0 Å². The molecule has 4 nitrogen and oxygen atoms in total. The van der Waals surface area contributed by atoms with Crippen molar-refractivity contribution in [2.45, 2.75) is 39.2 Å². The molecule has 0 fully saturated rings. The zero-order valence-electron chi connectivity index (χ0n) is 10.2. The first-order valence-electron chi connectivity index (χ1n) is 5.56. The largest absolute Gasteiger partial charge is 0.324 e. The van der Waals surface area contributed by atoms with E-state index in [0.717, 1.165) is 24.8 Å². The molecule has 5 heteroatoms. The van der Waals surface area contributed by atoms with E-state index in [2.05, 4.69) is 6.92 Å². The molecule has 0 bridgehead atoms. The van der Waals surface area contributed by atoms with Crippen LogP contribution in [0.1, 0.15) is 43.4 Å². The standard InChI is InChI=1S/C12H18N2O2.ClH/c1-3-4-5-11(13)10-7-6-9(2)12(8-10)14(15)16;/h6-8,11H,3-5,13H2,1-2H3;1H/t11-;/m0./s1. The molecule has 2 N–H and O–H groups in total. The van der Waals surface area contributed by atoms with Gasteiger partial charge in [-0.3, -0.25) is 10.1 Å². The topological polar surface area (TPSA) is 69.2 Å². The summed E-state index contributed by atoms with van der Waals surface area (Å²) in [5.41, 5.74) is 7.66. The number of halogens is 1. The first-order valence-corrected chi connectivity index (χ1v) is 5.56. The number of unbranched alkanes of at least 4 members (excludes halogenated alkanes) is 1. The smallest absolute Gasteiger partial charge is 0.272 e. The third-order valence-electron chi connectivity index (χ3n) is 2.73. The van der Waals surface area contributed by atoms with Gasteiger partial charge in [-0.05, 0) is 18.9 Å². The molecule has 0 aliphatic rings. The van der Waals surface area contributed by atoms with E-state index in [0.29, 0.717) is 5.56 Å². The molecule has 0 heterocycles. The summed E-state index contributed by atoms with van der Waals surface area (Å²) in [5, 5.41) is 10.8. The average molecular weight is 259 g/mol. The number of hydrogen-bond donors (Lipinski definition) is 1. The maximum atomic E-state index is 10.8. The van der Waals surface area contributed by atoms with Crippen molar-refractivity contribution in [2.75, 3.05) is 0 Å². The molecule has 1 aromatic rings. The lowest BCUT2D eigenvalue weighted by Gasteiger charge is -2.11. The predicted octanol–water partition coefficient (Wildman–Crippen LogP) is 3.52. The lowest BCUT2D eigenvalue weighted by molar-refractivity contribution is -0.385. The molecule has 0 saturated carbocycles. The maximum Gasteiger partial charge on any atom is 0.272 e. The van der Waals surface area contributed by atoms with Crippen molar-refractivity contribution in [2.24, 2.45) is 5.73 Å². The summed E-state index contributed by atoms with van der Waals surface area (Å²) >= 11 is 0. The van der Waals surface area contributed by atoms with E-state index in [1.165, 1.54) is 0 Å². The fourth-order valence-corrected chi connectivity index (χ4v) is 1.64. The molecule has 0 amide bonds. The Hall–Kier alpha value is -1.13. The van der Waals surface area contributed by atoms with Crippen LogP contribution in [-0.2, 0) is 0 Å². The number of rotatable bonds is 5. The van der Waals surface area contributed by atoms with Crippen LogP contribution in [0.3, 0.4) is 0 Å². The Morgan fingerprint density at radius 3 is 2.65 bits per heavy atom. The van der Waals surface area contributed by atoms with Gasteiger partial charge in [-0.1, -0.05) is 31.9 Å². The van der Waals surface area contributed by atoms with Gasteiger partial charge in [-0.15, -0.1) is 12.4 Å². The first-order chi connectivity index (χ1) is 7.56. The summed E-state index contributed by atoms with van der Waals surface area (Å²) in [6.45, 7) is 3.84. The van der Waals surface area contributed by atoms with Gasteiger partial charge < -0.3 is 5.73 Å². The zero-order chi connectivity index (χ0) is 12.1. The SMILES string of the molecule is CCCC[C@H](N)c1ccc(C)c([N+](=O)[O-])c1.Cl. The highest BCUT2D eigenvalue weighted by Crippen LogP contribution is 2.24. The Balaban J connectivity index is 0.00000256. The highest BCUT2D eigenvalue weighted by atomic mass is 35.5. The van der Waals surface area contributed by atoms with Gasteiger partial charge in [-0.25, -0.2) is 0 Å². The summed E-state index contributed by atoms with van der Waals surface area (Å²) in [6, 6.07) is 5.14. The number of hydrogen-bond acceptors (Lipinski definition) is 3. The highest BCUT2D eigenvalue weighted by Gasteiger charge is 2.14. The van der Waals surface area contributed by atoms with E-state index in [9.17, 15) is 10.1 Å². The normalized spacial score (nSPS) is 11.7. The van der Waals surface area contributed by atoms with Crippen molar-refractivity contribution in [1.29, 1.82) is 0 Å². The predicted molar refractivity (Wildman–Crippen MR) is 71.5 cm³/mol. The molecule has 1 atom stereocenters. The Kier molecular flexibility index (Phi) is 6.76. The van der Waals surface area contributed by atoms with Crippen molar-refractivity contribution in [3.8, 4) is 0 Å². The minimum Gasteiger partial charge on any atom is -0.324 e. The quantitative estimate of drug-likeness (QED) is 0.649. The minimum absolute atomic E-state index is 0. The third-order valence-corrected chi connectivity index (χ3v) is 2.73. The summed E-state index contributed by atoms with van der Waals surface area (Å²) in [7, 11) is 0. The Morgan fingerprint density at radius 1 is 1.47 bits per heavy atom. The van der Waals surface area contributed by atoms with Gasteiger partial charge in [0.2, 0.25) is 0 Å². The minimum atomic E-state index is -0.356. The molecule has 0 spiro atoms. The van der Waals surface area contributed by atoms with Gasteiger partial charge in [0.05, 0.1) is 4.92 Å². The molecule has 0 radical (unpaired) electrons. The van der Waals surface area contributed by atoms with E-state index in [1.807, 2.05) is 6.07 Å². The van der Waals surface area contributed by atoms with Crippen molar-refractivity contribution < 1.29 is 4.92 Å². The van der Waals surface area contributed by atoms with Crippen molar-refractivity contribution in [3.05, 3.63) is 39.4 Å². The van der Waals surface area contributed by atoms with Crippen LogP contribution in [0.5, 0.6) is 0 Å². The third kappa shape index (κ3) is 4.32. The monoisotopic (exact) mass is 258 g/mol. The molecule has 0 aromatic heterocycles. The van der Waals surface area contributed by atoms with E-state index in [4.69, 9.17) is 5.73 Å². The zero-order valence-corrected chi connectivity index (χ0v) is 11.0. The van der Waals surface area contributed by atoms with E-state index >= 15 is 0 Å². The summed E-state index contributed by atoms with van der Waals surface area (Å²) in [6.07, 6.45) is 3.00. The second kappa shape index (κ2) is 7.25. The molecule has 0 unspecified atom stereocenters. The Bertz CT molecular complexity index is 383. The summed E-state index contributed by atoms with van der Waals surface area (Å²) in [5.74, 6) is 0. The average Bonchev–Trinajstić information content (AvgIpc) is 2.26. The number of nitro groups is 1. The second-order valence-corrected chi connectivity index (χ2v) is 4.05. The van der Waals surface area contributed by atoms with Gasteiger partial charge >= 0.3 is 0 Å². The second-order valence-electron chi connectivity index (χ2n) is 4.05. The highest BCUT2D eigenvalue weighted by molar-refractivity contribution is 5.85. The maximum absolute atomic E-state index is 10.8. The van der Waals surface area contributed by atoms with Crippen molar-refractivity contribution >= 4 is 18.1 Å². The first kappa shape index (κ1) is 15.9. The lowest BCUT2D eigenvalue weighted by atomic mass is 10.00. The number of benzene rings is 1. The molecule has 0 aliphatic heterocycles. The van der Waals surface area contributed by atoms with Crippen molar-refractivity contribution in [1.82, 2.24) is 0 Å². The van der Waals surface area contributed by atoms with Gasteiger partial charge in [0.1, 0.15) is 0 Å². The van der Waals surface area contributed by atoms with Crippen LogP contribution in [0, 0.1) is 17.0 Å². The van der Waals surface area contributed by atoms with Crippen LogP contribution >= 0.6 is 12.4 Å². The van der Waals surface area contributed by atoms with E-state index in [-0.39, 0.29) is 29.1 Å². The molecule has 17 heavy (non-hydrogen) atoms. The molecule has 1 aromatic carbocycles. The number of nitrogens with two attached hydrogens (primary N) is 1. The number of aryl methyl sites for hydroxylation is 1. The van der Waals surface area contributed by atoms with Crippen LogP contribution in [-0.4, -0.2) is 4.92 Å². The van der Waals surface area contributed by atoms with Gasteiger partial charge in [0, 0.05) is 17.7 Å². The molecule has 96 valence electrons. The summed E-state index contributed by atoms with van der Waals surface area (Å²) < 4.78 is 0. The number of nitro benzene ring substituents is 1. The lowest BCUT2D eigenvalue weighted by Crippen LogP contribution is -2.10. The van der Waals surface area contributed by atoms with E-state index in [1.54, 1.807) is 19.1 Å². The fraction of sp³-hybridized carbons (Fsp3) is 0.500.